The van der Waals surface area contributed by atoms with Gasteiger partial charge in [-0.3, -0.25) is 14.3 Å². The minimum Gasteiger partial charge on any atom is -0.506 e. The molecule has 0 heterocycles. The molecule has 10 nitrogen and oxygen atoms in total. The highest BCUT2D eigenvalue weighted by Crippen LogP contribution is 2.40. The number of benzene rings is 3. The molecule has 6 N–H and O–H groups in total. The van der Waals surface area contributed by atoms with E-state index in [4.69, 9.17) is 0 Å². The van der Waals surface area contributed by atoms with Crippen LogP contribution in [0.15, 0.2) is 64.4 Å². The van der Waals surface area contributed by atoms with Crippen molar-refractivity contribution in [2.45, 2.75) is 42.9 Å². The number of rotatable bonds is 11. The fourth-order valence-electron chi connectivity index (χ4n) is 3.81. The first-order chi connectivity index (χ1) is 17.9. The van der Waals surface area contributed by atoms with Crippen molar-refractivity contribution in [3.8, 4) is 5.75 Å². The minimum atomic E-state index is -4.04. The van der Waals surface area contributed by atoms with Gasteiger partial charge in [-0.2, -0.15) is 0 Å². The molecule has 0 saturated carbocycles. The van der Waals surface area contributed by atoms with E-state index in [9.17, 15) is 33.2 Å². The van der Waals surface area contributed by atoms with Crippen LogP contribution in [0.5, 0.6) is 5.75 Å². The van der Waals surface area contributed by atoms with Gasteiger partial charge in [-0.15, -0.1) is 11.8 Å². The molecule has 0 aliphatic rings. The molecular weight excluding hydrogens is 529 g/mol. The van der Waals surface area contributed by atoms with Crippen LogP contribution in [-0.2, 0) is 19.6 Å². The Labute approximate surface area is 226 Å². The standard InChI is InChI=1S/C25H30BN3O7S2/c1-15(2)12-23(26(33)34)28-24(31)14-37-22-13-21(19-6-4-5-7-20(19)25(22)32)29-38(35,36)18-10-8-17(9-11-18)27-16(3)30/h4-11,13,15,23,29,32-34H,12,14H2,1-3H3,(H,27,30)(H,28,31)/t23-/m0/s1. The molecule has 2 amide bonds. The number of phenolic OH excluding ortho intramolecular Hbond substituents is 1. The number of anilines is 2. The van der Waals surface area contributed by atoms with E-state index in [-0.39, 0.29) is 38.8 Å². The largest absolute Gasteiger partial charge is 0.506 e. The molecule has 202 valence electrons. The van der Waals surface area contributed by atoms with E-state index in [2.05, 4.69) is 15.4 Å². The summed E-state index contributed by atoms with van der Waals surface area (Å²) in [5.74, 6) is -1.73. The maximum absolute atomic E-state index is 13.1. The first-order valence-electron chi connectivity index (χ1n) is 11.8. The molecule has 38 heavy (non-hydrogen) atoms. The van der Waals surface area contributed by atoms with Crippen molar-refractivity contribution in [2.24, 2.45) is 5.92 Å². The van der Waals surface area contributed by atoms with Gasteiger partial charge >= 0.3 is 7.12 Å². The number of aromatic hydroxyl groups is 1. The monoisotopic (exact) mass is 559 g/mol. The molecule has 3 rings (SSSR count). The first kappa shape index (κ1) is 29.3. The summed E-state index contributed by atoms with van der Waals surface area (Å²) < 4.78 is 28.8. The summed E-state index contributed by atoms with van der Waals surface area (Å²) in [6.45, 7) is 5.13. The van der Waals surface area contributed by atoms with E-state index in [0.717, 1.165) is 11.8 Å². The van der Waals surface area contributed by atoms with Crippen LogP contribution < -0.4 is 15.4 Å². The summed E-state index contributed by atoms with van der Waals surface area (Å²) in [5, 5.41) is 36.0. The number of phenols is 1. The Kier molecular flexibility index (Phi) is 9.66. The number of carbonyl (C=O) groups is 2. The molecule has 1 atom stereocenters. The maximum Gasteiger partial charge on any atom is 0.475 e. The number of amides is 2. The van der Waals surface area contributed by atoms with Gasteiger partial charge in [0.25, 0.3) is 10.0 Å². The third-order valence-electron chi connectivity index (χ3n) is 5.50. The van der Waals surface area contributed by atoms with Crippen LogP contribution in [0.1, 0.15) is 27.2 Å². The second kappa shape index (κ2) is 12.5. The van der Waals surface area contributed by atoms with Gasteiger partial charge in [0.05, 0.1) is 27.2 Å². The van der Waals surface area contributed by atoms with Crippen LogP contribution in [0.25, 0.3) is 10.8 Å². The summed E-state index contributed by atoms with van der Waals surface area (Å²) >= 11 is 0.986. The quantitative estimate of drug-likeness (QED) is 0.119. The lowest BCUT2D eigenvalue weighted by molar-refractivity contribution is -0.119. The van der Waals surface area contributed by atoms with Crippen molar-refractivity contribution < 1.29 is 33.2 Å². The fraction of sp³-hybridized carbons (Fsp3) is 0.280. The van der Waals surface area contributed by atoms with Crippen LogP contribution in [0, 0.1) is 5.92 Å². The average molecular weight is 559 g/mol. The van der Waals surface area contributed by atoms with Crippen molar-refractivity contribution in [1.82, 2.24) is 5.32 Å². The Morgan fingerprint density at radius 1 is 1.03 bits per heavy atom. The Bertz CT molecular complexity index is 1410. The Hall–Kier alpha value is -3.26. The van der Waals surface area contributed by atoms with Gasteiger partial charge in [0.15, 0.2) is 0 Å². The van der Waals surface area contributed by atoms with E-state index in [1.165, 1.54) is 37.3 Å². The summed E-state index contributed by atoms with van der Waals surface area (Å²) in [7, 11) is -5.75. The molecular formula is C25H30BN3O7S2. The number of sulfonamides is 1. The van der Waals surface area contributed by atoms with E-state index >= 15 is 0 Å². The van der Waals surface area contributed by atoms with Crippen LogP contribution in [-0.4, -0.2) is 54.2 Å². The van der Waals surface area contributed by atoms with Gasteiger partial charge in [-0.25, -0.2) is 8.42 Å². The topological polar surface area (TPSA) is 165 Å². The highest BCUT2D eigenvalue weighted by Gasteiger charge is 2.26. The number of thioether (sulfide) groups is 1. The molecule has 0 radical (unpaired) electrons. The third-order valence-corrected chi connectivity index (χ3v) is 7.91. The SMILES string of the molecule is CC(=O)Nc1ccc(S(=O)(=O)Nc2cc(SCC(=O)N[C@@H](CC(C)C)B(O)O)c(O)c3ccccc23)cc1. The molecule has 0 saturated heterocycles. The van der Waals surface area contributed by atoms with Gasteiger partial charge in [0.1, 0.15) is 5.75 Å². The number of carbonyl (C=O) groups excluding carboxylic acids is 2. The molecule has 0 aliphatic heterocycles. The molecule has 13 heteroatoms. The molecule has 0 unspecified atom stereocenters. The summed E-state index contributed by atoms with van der Waals surface area (Å²) in [5.41, 5.74) is 0.656. The first-order valence-corrected chi connectivity index (χ1v) is 14.3. The van der Waals surface area contributed by atoms with Gasteiger partial charge < -0.3 is 25.8 Å². The minimum absolute atomic E-state index is 0.0314. The highest BCUT2D eigenvalue weighted by atomic mass is 32.2. The second-order valence-corrected chi connectivity index (χ2v) is 11.8. The second-order valence-electron chi connectivity index (χ2n) is 9.13. The lowest BCUT2D eigenvalue weighted by Gasteiger charge is -2.20. The zero-order valence-electron chi connectivity index (χ0n) is 21.1. The summed E-state index contributed by atoms with van der Waals surface area (Å²) in [6, 6.07) is 13.8. The van der Waals surface area contributed by atoms with Crippen LogP contribution in [0.3, 0.4) is 0 Å². The van der Waals surface area contributed by atoms with Crippen LogP contribution in [0.4, 0.5) is 11.4 Å². The number of hydrogen-bond acceptors (Lipinski definition) is 8. The predicted octanol–water partition coefficient (Wildman–Crippen LogP) is 2.94. The molecule has 0 fully saturated rings. The Balaban J connectivity index is 1.86. The van der Waals surface area contributed by atoms with Crippen molar-refractivity contribution in [2.75, 3.05) is 15.8 Å². The van der Waals surface area contributed by atoms with Crippen LogP contribution >= 0.6 is 11.8 Å². The Morgan fingerprint density at radius 3 is 2.24 bits per heavy atom. The molecule has 0 bridgehead atoms. The lowest BCUT2D eigenvalue weighted by Crippen LogP contribution is -2.47. The van der Waals surface area contributed by atoms with Crippen molar-refractivity contribution in [1.29, 1.82) is 0 Å². The van der Waals surface area contributed by atoms with Crippen molar-refractivity contribution in [3.05, 3.63) is 54.6 Å². The van der Waals surface area contributed by atoms with Gasteiger partial charge in [-0.1, -0.05) is 38.1 Å². The van der Waals surface area contributed by atoms with Gasteiger partial charge in [-0.05, 0) is 42.7 Å². The predicted molar refractivity (Wildman–Crippen MR) is 149 cm³/mol. The van der Waals surface area contributed by atoms with Crippen molar-refractivity contribution >= 4 is 62.9 Å². The fourth-order valence-corrected chi connectivity index (χ4v) is 5.70. The summed E-state index contributed by atoms with van der Waals surface area (Å²) in [6.07, 6.45) is 0.368. The van der Waals surface area contributed by atoms with E-state index in [1.807, 2.05) is 13.8 Å². The number of hydrogen-bond donors (Lipinski definition) is 6. The smallest absolute Gasteiger partial charge is 0.475 e. The zero-order valence-corrected chi connectivity index (χ0v) is 22.8. The molecule has 3 aromatic carbocycles. The van der Waals surface area contributed by atoms with E-state index in [0.29, 0.717) is 22.9 Å². The van der Waals surface area contributed by atoms with Crippen LogP contribution in [0.2, 0.25) is 0 Å². The Morgan fingerprint density at radius 2 is 1.66 bits per heavy atom. The maximum atomic E-state index is 13.1. The number of fused-ring (bicyclic) bond motifs is 1. The van der Waals surface area contributed by atoms with E-state index < -0.39 is 29.0 Å². The molecule has 3 aromatic rings. The molecule has 0 spiro atoms. The van der Waals surface area contributed by atoms with E-state index in [1.54, 1.807) is 24.3 Å². The average Bonchev–Trinajstić information content (AvgIpc) is 2.84. The van der Waals surface area contributed by atoms with Gasteiger partial charge in [0, 0.05) is 23.4 Å². The number of nitrogens with one attached hydrogen (secondary N) is 3. The molecule has 0 aliphatic carbocycles. The van der Waals surface area contributed by atoms with Crippen molar-refractivity contribution in [3.63, 3.8) is 0 Å². The highest BCUT2D eigenvalue weighted by molar-refractivity contribution is 8.00. The normalized spacial score (nSPS) is 12.3. The molecule has 0 aromatic heterocycles. The lowest BCUT2D eigenvalue weighted by atomic mass is 9.75. The third kappa shape index (κ3) is 7.63. The zero-order chi connectivity index (χ0) is 28.0. The summed E-state index contributed by atoms with van der Waals surface area (Å²) in [4.78, 5) is 24.0. The van der Waals surface area contributed by atoms with Gasteiger partial charge in [0.2, 0.25) is 11.8 Å².